The van der Waals surface area contributed by atoms with Crippen molar-refractivity contribution in [3.63, 3.8) is 0 Å². The highest BCUT2D eigenvalue weighted by Gasteiger charge is 2.20. The van der Waals surface area contributed by atoms with Crippen LogP contribution < -0.4 is 5.73 Å². The molecule has 2 aromatic rings. The fourth-order valence-electron chi connectivity index (χ4n) is 1.67. The van der Waals surface area contributed by atoms with Crippen LogP contribution in [0.1, 0.15) is 32.2 Å². The molecule has 6 heteroatoms. The number of halogens is 2. The summed E-state index contributed by atoms with van der Waals surface area (Å²) in [6.45, 7) is 3.97. The average molecular weight is 267 g/mol. The number of nitrogens with two attached hydrogens (primary N) is 1. The molecular weight excluding hydrogens is 252 g/mol. The molecule has 0 aliphatic rings. The minimum absolute atomic E-state index is 0.132. The maximum absolute atomic E-state index is 13.1. The van der Waals surface area contributed by atoms with Crippen molar-refractivity contribution in [2.45, 2.75) is 26.3 Å². The molecule has 0 aliphatic carbocycles. The molecule has 2 atom stereocenters. The van der Waals surface area contributed by atoms with Gasteiger partial charge in [-0.1, -0.05) is 25.4 Å². The zero-order valence-corrected chi connectivity index (χ0v) is 10.7. The summed E-state index contributed by atoms with van der Waals surface area (Å²) in [6.07, 6.45) is 0.869. The Hall–Kier alpha value is -1.82. The van der Waals surface area contributed by atoms with Crippen LogP contribution in [0.25, 0.3) is 11.4 Å². The van der Waals surface area contributed by atoms with Crippen molar-refractivity contribution in [2.24, 2.45) is 11.7 Å². The third-order valence-corrected chi connectivity index (χ3v) is 3.10. The van der Waals surface area contributed by atoms with E-state index in [9.17, 15) is 8.78 Å². The van der Waals surface area contributed by atoms with Gasteiger partial charge in [-0.25, -0.2) is 8.78 Å². The van der Waals surface area contributed by atoms with E-state index in [4.69, 9.17) is 10.3 Å². The van der Waals surface area contributed by atoms with Crippen LogP contribution in [0.2, 0.25) is 0 Å². The molecule has 0 aliphatic heterocycles. The molecule has 0 radical (unpaired) electrons. The van der Waals surface area contributed by atoms with Gasteiger partial charge in [-0.15, -0.1) is 0 Å². The molecule has 0 spiro atoms. The Bertz CT molecular complexity index is 551. The van der Waals surface area contributed by atoms with Crippen molar-refractivity contribution in [1.29, 1.82) is 0 Å². The largest absolute Gasteiger partial charge is 0.337 e. The third kappa shape index (κ3) is 2.96. The molecular formula is C13H15F2N3O. The lowest BCUT2D eigenvalue weighted by atomic mass is 10.0. The first-order valence-corrected chi connectivity index (χ1v) is 6.07. The normalized spacial score (nSPS) is 14.4. The predicted octanol–water partition coefficient (Wildman–Crippen LogP) is 3.06. The summed E-state index contributed by atoms with van der Waals surface area (Å²) >= 11 is 0. The quantitative estimate of drug-likeness (QED) is 0.924. The number of hydrogen-bond donors (Lipinski definition) is 1. The van der Waals surface area contributed by atoms with Gasteiger partial charge in [-0.3, -0.25) is 0 Å². The van der Waals surface area contributed by atoms with Crippen LogP contribution in [0.5, 0.6) is 0 Å². The summed E-state index contributed by atoms with van der Waals surface area (Å²) in [6, 6.07) is 2.69. The molecule has 2 unspecified atom stereocenters. The standard InChI is InChI=1S/C13H15F2N3O/c1-3-7(2)11(16)13-17-12(18-19-13)8-4-9(14)6-10(15)5-8/h4-7,11H,3,16H2,1-2H3. The van der Waals surface area contributed by atoms with Crippen molar-refractivity contribution < 1.29 is 13.3 Å². The van der Waals surface area contributed by atoms with Crippen LogP contribution in [0.3, 0.4) is 0 Å². The van der Waals surface area contributed by atoms with Gasteiger partial charge in [-0.05, 0) is 18.1 Å². The second-order valence-electron chi connectivity index (χ2n) is 4.53. The summed E-state index contributed by atoms with van der Waals surface area (Å²) in [5.74, 6) is -0.793. The van der Waals surface area contributed by atoms with Gasteiger partial charge in [-0.2, -0.15) is 4.98 Å². The molecule has 1 heterocycles. The molecule has 0 saturated heterocycles. The number of benzene rings is 1. The van der Waals surface area contributed by atoms with Crippen LogP contribution in [0, 0.1) is 17.6 Å². The lowest BCUT2D eigenvalue weighted by Crippen LogP contribution is -2.18. The SMILES string of the molecule is CCC(C)C(N)c1nc(-c2cc(F)cc(F)c2)no1. The topological polar surface area (TPSA) is 64.9 Å². The fraction of sp³-hybridized carbons (Fsp3) is 0.385. The lowest BCUT2D eigenvalue weighted by molar-refractivity contribution is 0.312. The summed E-state index contributed by atoms with van der Waals surface area (Å²) in [7, 11) is 0. The molecule has 1 aromatic carbocycles. The number of rotatable bonds is 4. The van der Waals surface area contributed by atoms with Crippen LogP contribution in [-0.4, -0.2) is 10.1 Å². The number of aromatic nitrogens is 2. The van der Waals surface area contributed by atoms with Crippen molar-refractivity contribution >= 4 is 0 Å². The maximum Gasteiger partial charge on any atom is 0.244 e. The fourth-order valence-corrected chi connectivity index (χ4v) is 1.67. The average Bonchev–Trinajstić information content (AvgIpc) is 2.85. The third-order valence-electron chi connectivity index (χ3n) is 3.10. The van der Waals surface area contributed by atoms with E-state index in [0.717, 1.165) is 24.6 Å². The Labute approximate surface area is 109 Å². The second-order valence-corrected chi connectivity index (χ2v) is 4.53. The summed E-state index contributed by atoms with van der Waals surface area (Å²) in [5.41, 5.74) is 6.18. The van der Waals surface area contributed by atoms with E-state index < -0.39 is 11.6 Å². The second kappa shape index (κ2) is 5.44. The monoisotopic (exact) mass is 267 g/mol. The van der Waals surface area contributed by atoms with Crippen LogP contribution >= 0.6 is 0 Å². The van der Waals surface area contributed by atoms with E-state index in [-0.39, 0.29) is 29.2 Å². The first kappa shape index (κ1) is 13.6. The van der Waals surface area contributed by atoms with Crippen molar-refractivity contribution in [2.75, 3.05) is 0 Å². The first-order chi connectivity index (χ1) is 9.01. The van der Waals surface area contributed by atoms with E-state index in [1.807, 2.05) is 13.8 Å². The van der Waals surface area contributed by atoms with Crippen molar-refractivity contribution in [3.05, 3.63) is 35.7 Å². The van der Waals surface area contributed by atoms with Crippen LogP contribution in [-0.2, 0) is 0 Å². The minimum Gasteiger partial charge on any atom is -0.337 e. The van der Waals surface area contributed by atoms with Gasteiger partial charge in [0.25, 0.3) is 0 Å². The molecule has 2 N–H and O–H groups in total. The molecule has 0 amide bonds. The lowest BCUT2D eigenvalue weighted by Gasteiger charge is -2.12. The van der Waals surface area contributed by atoms with Gasteiger partial charge in [0.05, 0.1) is 6.04 Å². The van der Waals surface area contributed by atoms with E-state index in [0.29, 0.717) is 0 Å². The van der Waals surface area contributed by atoms with E-state index >= 15 is 0 Å². The smallest absolute Gasteiger partial charge is 0.244 e. The van der Waals surface area contributed by atoms with Crippen LogP contribution in [0.4, 0.5) is 8.78 Å². The molecule has 1 aromatic heterocycles. The highest BCUT2D eigenvalue weighted by Crippen LogP contribution is 2.24. The Balaban J connectivity index is 2.30. The molecule has 102 valence electrons. The molecule has 0 saturated carbocycles. The summed E-state index contributed by atoms with van der Waals surface area (Å²) in [4.78, 5) is 4.10. The van der Waals surface area contributed by atoms with Gasteiger partial charge in [0.2, 0.25) is 11.7 Å². The Morgan fingerprint density at radius 1 is 1.26 bits per heavy atom. The highest BCUT2D eigenvalue weighted by molar-refractivity contribution is 5.54. The molecule has 2 rings (SSSR count). The molecule has 0 fully saturated rings. The van der Waals surface area contributed by atoms with Gasteiger partial charge < -0.3 is 10.3 Å². The summed E-state index contributed by atoms with van der Waals surface area (Å²) < 4.78 is 31.3. The van der Waals surface area contributed by atoms with Gasteiger partial charge in [0.1, 0.15) is 11.6 Å². The van der Waals surface area contributed by atoms with Crippen molar-refractivity contribution in [1.82, 2.24) is 10.1 Å². The molecule has 19 heavy (non-hydrogen) atoms. The van der Waals surface area contributed by atoms with Crippen molar-refractivity contribution in [3.8, 4) is 11.4 Å². The van der Waals surface area contributed by atoms with Gasteiger partial charge >= 0.3 is 0 Å². The summed E-state index contributed by atoms with van der Waals surface area (Å²) in [5, 5.41) is 3.71. The Morgan fingerprint density at radius 3 is 2.47 bits per heavy atom. The van der Waals surface area contributed by atoms with E-state index in [2.05, 4.69) is 10.1 Å². The number of nitrogens with zero attached hydrogens (tertiary/aromatic N) is 2. The number of hydrogen-bond acceptors (Lipinski definition) is 4. The molecule has 0 bridgehead atoms. The van der Waals surface area contributed by atoms with Gasteiger partial charge in [0.15, 0.2) is 0 Å². The zero-order valence-electron chi connectivity index (χ0n) is 10.7. The van der Waals surface area contributed by atoms with E-state index in [1.165, 1.54) is 0 Å². The van der Waals surface area contributed by atoms with Crippen LogP contribution in [0.15, 0.2) is 22.7 Å². The molecule has 4 nitrogen and oxygen atoms in total. The highest BCUT2D eigenvalue weighted by atomic mass is 19.1. The maximum atomic E-state index is 13.1. The van der Waals surface area contributed by atoms with Gasteiger partial charge in [0, 0.05) is 11.6 Å². The Kier molecular flexibility index (Phi) is 3.90. The minimum atomic E-state index is -0.687. The zero-order chi connectivity index (χ0) is 14.0. The first-order valence-electron chi connectivity index (χ1n) is 6.07. The Morgan fingerprint density at radius 2 is 1.89 bits per heavy atom. The van der Waals surface area contributed by atoms with E-state index in [1.54, 1.807) is 0 Å². The predicted molar refractivity (Wildman–Crippen MR) is 66.0 cm³/mol.